The third-order valence-corrected chi connectivity index (χ3v) is 4.92. The number of hydrogen-bond donors (Lipinski definition) is 3. The summed E-state index contributed by atoms with van der Waals surface area (Å²) >= 11 is 0. The number of carbonyl (C=O) groups is 4. The molecule has 1 aromatic carbocycles. The van der Waals surface area contributed by atoms with Gasteiger partial charge in [-0.05, 0) is 24.5 Å². The second kappa shape index (κ2) is 9.02. The van der Waals surface area contributed by atoms with Gasteiger partial charge in [0, 0.05) is 24.7 Å². The van der Waals surface area contributed by atoms with E-state index >= 15 is 0 Å². The van der Waals surface area contributed by atoms with Gasteiger partial charge < -0.3 is 30.1 Å². The molecule has 10 heteroatoms. The molecule has 162 valence electrons. The molecule has 30 heavy (non-hydrogen) atoms. The van der Waals surface area contributed by atoms with Crippen LogP contribution in [-0.4, -0.2) is 54.7 Å². The Bertz CT molecular complexity index is 855. The van der Waals surface area contributed by atoms with Crippen LogP contribution in [0.2, 0.25) is 0 Å². The van der Waals surface area contributed by atoms with Gasteiger partial charge in [-0.15, -0.1) is 0 Å². The predicted octanol–water partition coefficient (Wildman–Crippen LogP) is 0.500. The van der Waals surface area contributed by atoms with Crippen LogP contribution in [0, 0.1) is 11.8 Å². The largest absolute Gasteiger partial charge is 0.480 e. The van der Waals surface area contributed by atoms with Gasteiger partial charge in [0.05, 0.1) is 5.92 Å². The smallest absolute Gasteiger partial charge is 0.322 e. The van der Waals surface area contributed by atoms with E-state index in [4.69, 9.17) is 14.6 Å². The normalized spacial score (nSPS) is 18.4. The van der Waals surface area contributed by atoms with Crippen LogP contribution < -0.4 is 25.0 Å². The van der Waals surface area contributed by atoms with Gasteiger partial charge in [-0.3, -0.25) is 19.2 Å². The number of nitrogens with one attached hydrogen (secondary N) is 2. The Hall–Kier alpha value is -3.30. The summed E-state index contributed by atoms with van der Waals surface area (Å²) < 4.78 is 10.6. The molecule has 3 amide bonds. The summed E-state index contributed by atoms with van der Waals surface area (Å²) in [6.45, 7) is 3.56. The molecule has 3 N–H and O–H groups in total. The first-order chi connectivity index (χ1) is 14.2. The number of carboxylic acid groups (broad SMARTS) is 1. The van der Waals surface area contributed by atoms with Crippen LogP contribution >= 0.6 is 0 Å². The maximum absolute atomic E-state index is 12.8. The first-order valence-electron chi connectivity index (χ1n) is 9.74. The molecule has 0 radical (unpaired) electrons. The first-order valence-corrected chi connectivity index (χ1v) is 9.74. The van der Waals surface area contributed by atoms with E-state index < -0.39 is 36.3 Å². The summed E-state index contributed by atoms with van der Waals surface area (Å²) in [4.78, 5) is 49.8. The molecule has 2 atom stereocenters. The summed E-state index contributed by atoms with van der Waals surface area (Å²) in [6, 6.07) is 4.27. The Kier molecular flexibility index (Phi) is 6.43. The molecule has 2 heterocycles. The van der Waals surface area contributed by atoms with Crippen LogP contribution in [0.4, 0.5) is 5.69 Å². The molecule has 2 aliphatic heterocycles. The first kappa shape index (κ1) is 21.4. The average Bonchev–Trinajstić information content (AvgIpc) is 3.30. The highest BCUT2D eigenvalue weighted by Crippen LogP contribution is 2.37. The van der Waals surface area contributed by atoms with Crippen molar-refractivity contribution in [1.82, 2.24) is 10.6 Å². The van der Waals surface area contributed by atoms with E-state index in [1.165, 1.54) is 4.90 Å². The van der Waals surface area contributed by atoms with Crippen molar-refractivity contribution in [2.24, 2.45) is 11.8 Å². The summed E-state index contributed by atoms with van der Waals surface area (Å²) in [6.07, 6.45) is 0.370. The number of carbonyl (C=O) groups excluding carboxylic acids is 3. The molecule has 1 saturated heterocycles. The van der Waals surface area contributed by atoms with Gasteiger partial charge in [0.1, 0.15) is 12.6 Å². The fraction of sp³-hybridized carbons (Fsp3) is 0.500. The minimum absolute atomic E-state index is 0.0193. The zero-order valence-electron chi connectivity index (χ0n) is 16.8. The molecule has 1 fully saturated rings. The van der Waals surface area contributed by atoms with Crippen molar-refractivity contribution >= 4 is 29.4 Å². The molecule has 2 aliphatic rings. The molecular weight excluding hydrogens is 394 g/mol. The number of carboxylic acids is 1. The molecule has 1 aromatic rings. The lowest BCUT2D eigenvalue weighted by molar-refractivity contribution is -0.138. The molecule has 0 aromatic heterocycles. The van der Waals surface area contributed by atoms with Crippen LogP contribution in [-0.2, 0) is 19.2 Å². The summed E-state index contributed by atoms with van der Waals surface area (Å²) in [5.41, 5.74) is 0.609. The fourth-order valence-electron chi connectivity index (χ4n) is 3.46. The van der Waals surface area contributed by atoms with Crippen LogP contribution in [0.1, 0.15) is 26.7 Å². The lowest BCUT2D eigenvalue weighted by Gasteiger charge is -2.22. The number of anilines is 1. The van der Waals surface area contributed by atoms with E-state index in [-0.39, 0.29) is 31.6 Å². The Morgan fingerprint density at radius 3 is 2.67 bits per heavy atom. The number of amides is 3. The minimum atomic E-state index is -1.17. The molecule has 2 unspecified atom stereocenters. The molecule has 3 rings (SSSR count). The lowest BCUT2D eigenvalue weighted by Crippen LogP contribution is -2.50. The number of ether oxygens (including phenoxy) is 2. The third kappa shape index (κ3) is 5.00. The monoisotopic (exact) mass is 419 g/mol. The van der Waals surface area contributed by atoms with Crippen LogP contribution in [0.25, 0.3) is 0 Å². The van der Waals surface area contributed by atoms with Crippen molar-refractivity contribution in [3.8, 4) is 11.5 Å². The van der Waals surface area contributed by atoms with Gasteiger partial charge in [-0.1, -0.05) is 13.8 Å². The molecule has 0 bridgehead atoms. The Morgan fingerprint density at radius 2 is 1.97 bits per heavy atom. The van der Waals surface area contributed by atoms with Gasteiger partial charge in [0.15, 0.2) is 11.5 Å². The Balaban J connectivity index is 1.64. The van der Waals surface area contributed by atoms with Crippen molar-refractivity contribution < 1.29 is 33.8 Å². The topological polar surface area (TPSA) is 134 Å². The second-order valence-corrected chi connectivity index (χ2v) is 7.75. The van der Waals surface area contributed by atoms with Gasteiger partial charge >= 0.3 is 5.97 Å². The summed E-state index contributed by atoms with van der Waals surface area (Å²) in [7, 11) is 0. The van der Waals surface area contributed by atoms with Crippen molar-refractivity contribution in [1.29, 1.82) is 0 Å². The lowest BCUT2D eigenvalue weighted by atomic mass is 10.0. The van der Waals surface area contributed by atoms with Crippen LogP contribution in [0.3, 0.4) is 0 Å². The van der Waals surface area contributed by atoms with E-state index in [9.17, 15) is 19.2 Å². The van der Waals surface area contributed by atoms with Crippen molar-refractivity contribution in [2.75, 3.05) is 24.8 Å². The van der Waals surface area contributed by atoms with E-state index in [0.717, 1.165) is 0 Å². The van der Waals surface area contributed by atoms with Crippen molar-refractivity contribution in [3.63, 3.8) is 0 Å². The van der Waals surface area contributed by atoms with Crippen molar-refractivity contribution in [3.05, 3.63) is 18.2 Å². The third-order valence-electron chi connectivity index (χ3n) is 4.92. The molecular formula is C20H25N3O7. The van der Waals surface area contributed by atoms with Crippen LogP contribution in [0.15, 0.2) is 18.2 Å². The number of nitrogens with zero attached hydrogens (tertiary/aromatic N) is 1. The van der Waals surface area contributed by atoms with E-state index in [1.54, 1.807) is 18.2 Å². The summed E-state index contributed by atoms with van der Waals surface area (Å²) in [5.74, 6) is -1.72. The van der Waals surface area contributed by atoms with E-state index in [2.05, 4.69) is 10.6 Å². The average molecular weight is 419 g/mol. The number of rotatable bonds is 8. The zero-order chi connectivity index (χ0) is 21.8. The van der Waals surface area contributed by atoms with E-state index in [1.807, 2.05) is 13.8 Å². The second-order valence-electron chi connectivity index (χ2n) is 7.75. The number of aliphatic carboxylic acids is 1. The number of hydrogen-bond acceptors (Lipinski definition) is 6. The highest BCUT2D eigenvalue weighted by atomic mass is 16.7. The zero-order valence-corrected chi connectivity index (χ0v) is 16.8. The van der Waals surface area contributed by atoms with Crippen molar-refractivity contribution in [2.45, 2.75) is 32.7 Å². The fourth-order valence-corrected chi connectivity index (χ4v) is 3.46. The highest BCUT2D eigenvalue weighted by molar-refractivity contribution is 6.01. The summed E-state index contributed by atoms with van der Waals surface area (Å²) in [5, 5.41) is 13.7. The van der Waals surface area contributed by atoms with Gasteiger partial charge in [0.25, 0.3) is 0 Å². The number of benzene rings is 1. The Morgan fingerprint density at radius 1 is 1.23 bits per heavy atom. The molecule has 10 nitrogen and oxygen atoms in total. The standard InChI is InChI=1S/C20H25N3O7/c1-11(2)5-14(20(28)21-8-18(25)26)22-19(27)12-6-17(24)23(9-12)13-3-4-15-16(7-13)30-10-29-15/h3-4,7,11-12,14H,5-6,8-10H2,1-2H3,(H,21,28)(H,22,27)(H,25,26). The van der Waals surface area contributed by atoms with E-state index in [0.29, 0.717) is 23.6 Å². The minimum Gasteiger partial charge on any atom is -0.480 e. The maximum atomic E-state index is 12.8. The SMILES string of the molecule is CC(C)CC(NC(=O)C1CC(=O)N(c2ccc3c(c2)OCO3)C1)C(=O)NCC(=O)O. The quantitative estimate of drug-likeness (QED) is 0.558. The molecule has 0 spiro atoms. The van der Waals surface area contributed by atoms with Gasteiger partial charge in [0.2, 0.25) is 24.5 Å². The van der Waals surface area contributed by atoms with Gasteiger partial charge in [-0.2, -0.15) is 0 Å². The van der Waals surface area contributed by atoms with Crippen LogP contribution in [0.5, 0.6) is 11.5 Å². The Labute approximate surface area is 173 Å². The molecule has 0 saturated carbocycles. The highest BCUT2D eigenvalue weighted by Gasteiger charge is 2.37. The molecule has 0 aliphatic carbocycles. The number of fused-ring (bicyclic) bond motifs is 1. The maximum Gasteiger partial charge on any atom is 0.322 e. The predicted molar refractivity (Wildman–Crippen MR) is 105 cm³/mol. The van der Waals surface area contributed by atoms with Gasteiger partial charge in [-0.25, -0.2) is 0 Å².